The molecule has 2 aromatic rings. The Labute approximate surface area is 95.1 Å². The van der Waals surface area contributed by atoms with Gasteiger partial charge in [0.2, 0.25) is 0 Å². The monoisotopic (exact) mass is 245 g/mol. The smallest absolute Gasteiger partial charge is 0.324 e. The minimum Gasteiger partial charge on any atom is -0.324 e. The van der Waals surface area contributed by atoms with Crippen LogP contribution in [-0.2, 0) is 6.18 Å². The second-order valence-corrected chi connectivity index (χ2v) is 3.72. The number of hydrogen-bond acceptors (Lipinski definition) is 0. The standard InChI is InChI=1S/C11H7ClF3N/c12-9-5-8(11(13,14)15)6-10(7-9)16-3-1-2-4-16/h1-7H. The van der Waals surface area contributed by atoms with Crippen molar-refractivity contribution in [2.45, 2.75) is 6.18 Å². The number of nitrogens with zero attached hydrogens (tertiary/aromatic N) is 1. The molecule has 0 radical (unpaired) electrons. The van der Waals surface area contributed by atoms with Gasteiger partial charge in [0.1, 0.15) is 0 Å². The highest BCUT2D eigenvalue weighted by Crippen LogP contribution is 2.32. The lowest BCUT2D eigenvalue weighted by Crippen LogP contribution is -2.06. The Morgan fingerprint density at radius 1 is 1.00 bits per heavy atom. The zero-order valence-corrected chi connectivity index (χ0v) is 8.76. The summed E-state index contributed by atoms with van der Waals surface area (Å²) in [5.74, 6) is 0. The highest BCUT2D eigenvalue weighted by Gasteiger charge is 2.31. The van der Waals surface area contributed by atoms with Crippen LogP contribution in [0, 0.1) is 0 Å². The Kier molecular flexibility index (Phi) is 2.68. The highest BCUT2D eigenvalue weighted by atomic mass is 35.5. The average Bonchev–Trinajstić information content (AvgIpc) is 2.68. The maximum atomic E-state index is 12.5. The van der Waals surface area contributed by atoms with Gasteiger partial charge in [0.15, 0.2) is 0 Å². The number of aromatic nitrogens is 1. The normalized spacial score (nSPS) is 11.8. The van der Waals surface area contributed by atoms with E-state index in [-0.39, 0.29) is 5.02 Å². The number of alkyl halides is 3. The molecule has 84 valence electrons. The fraction of sp³-hybridized carbons (Fsp3) is 0.0909. The van der Waals surface area contributed by atoms with E-state index in [9.17, 15) is 13.2 Å². The predicted octanol–water partition coefficient (Wildman–Crippen LogP) is 4.15. The Bertz CT molecular complexity index is 488. The summed E-state index contributed by atoms with van der Waals surface area (Å²) < 4.78 is 39.1. The van der Waals surface area contributed by atoms with E-state index in [1.165, 1.54) is 6.07 Å². The van der Waals surface area contributed by atoms with Crippen LogP contribution in [0.3, 0.4) is 0 Å². The molecule has 1 heterocycles. The van der Waals surface area contributed by atoms with Crippen LogP contribution in [0.5, 0.6) is 0 Å². The SMILES string of the molecule is FC(F)(F)c1cc(Cl)cc(-n2cccc2)c1. The van der Waals surface area contributed by atoms with Crippen LogP contribution >= 0.6 is 11.6 Å². The van der Waals surface area contributed by atoms with Crippen LogP contribution in [0.4, 0.5) is 13.2 Å². The van der Waals surface area contributed by atoms with Crippen molar-refractivity contribution in [2.24, 2.45) is 0 Å². The first-order valence-corrected chi connectivity index (χ1v) is 4.86. The molecule has 0 bridgehead atoms. The van der Waals surface area contributed by atoms with E-state index in [0.717, 1.165) is 12.1 Å². The summed E-state index contributed by atoms with van der Waals surface area (Å²) in [6.07, 6.45) is -1.07. The molecular weight excluding hydrogens is 239 g/mol. The number of hydrogen-bond donors (Lipinski definition) is 0. The largest absolute Gasteiger partial charge is 0.416 e. The summed E-state index contributed by atoms with van der Waals surface area (Å²) in [5.41, 5.74) is -0.353. The summed E-state index contributed by atoms with van der Waals surface area (Å²) in [4.78, 5) is 0. The van der Waals surface area contributed by atoms with E-state index in [1.807, 2.05) is 0 Å². The maximum Gasteiger partial charge on any atom is 0.416 e. The molecule has 1 aromatic heterocycles. The van der Waals surface area contributed by atoms with Crippen molar-refractivity contribution in [3.8, 4) is 5.69 Å². The minimum absolute atomic E-state index is 0.0681. The Morgan fingerprint density at radius 3 is 2.19 bits per heavy atom. The number of halogens is 4. The molecule has 16 heavy (non-hydrogen) atoms. The van der Waals surface area contributed by atoms with Gasteiger partial charge in [-0.25, -0.2) is 0 Å². The van der Waals surface area contributed by atoms with Gasteiger partial charge in [-0.15, -0.1) is 0 Å². The van der Waals surface area contributed by atoms with Gasteiger partial charge in [-0.2, -0.15) is 13.2 Å². The minimum atomic E-state index is -4.38. The van der Waals surface area contributed by atoms with Gasteiger partial charge in [-0.1, -0.05) is 11.6 Å². The van der Waals surface area contributed by atoms with Gasteiger partial charge >= 0.3 is 6.18 Å². The van der Waals surface area contributed by atoms with Gasteiger partial charge in [-0.05, 0) is 30.3 Å². The van der Waals surface area contributed by atoms with Crippen molar-refractivity contribution >= 4 is 11.6 Å². The van der Waals surface area contributed by atoms with Crippen LogP contribution < -0.4 is 0 Å². The molecule has 0 aliphatic rings. The van der Waals surface area contributed by atoms with Crippen LogP contribution in [0.1, 0.15) is 5.56 Å². The summed E-state index contributed by atoms with van der Waals surface area (Å²) in [5, 5.41) is 0.0681. The first-order valence-electron chi connectivity index (χ1n) is 4.48. The fourth-order valence-electron chi connectivity index (χ4n) is 1.39. The van der Waals surface area contributed by atoms with Crippen LogP contribution in [0.15, 0.2) is 42.7 Å². The summed E-state index contributed by atoms with van der Waals surface area (Å²) >= 11 is 5.66. The Balaban J connectivity index is 2.53. The molecular formula is C11H7ClF3N. The van der Waals surface area contributed by atoms with Gasteiger partial charge < -0.3 is 4.57 Å². The van der Waals surface area contributed by atoms with Gasteiger partial charge in [0.05, 0.1) is 5.56 Å². The lowest BCUT2D eigenvalue weighted by molar-refractivity contribution is -0.137. The number of benzene rings is 1. The second kappa shape index (κ2) is 3.87. The predicted molar refractivity (Wildman–Crippen MR) is 55.8 cm³/mol. The zero-order valence-electron chi connectivity index (χ0n) is 8.00. The van der Waals surface area contributed by atoms with Crippen molar-refractivity contribution in [1.29, 1.82) is 0 Å². The van der Waals surface area contributed by atoms with Crippen molar-refractivity contribution in [3.63, 3.8) is 0 Å². The third-order valence-corrected chi connectivity index (χ3v) is 2.33. The zero-order chi connectivity index (χ0) is 11.8. The van der Waals surface area contributed by atoms with Gasteiger partial charge in [0, 0.05) is 23.1 Å². The van der Waals surface area contributed by atoms with Crippen molar-refractivity contribution in [2.75, 3.05) is 0 Å². The van der Waals surface area contributed by atoms with Crippen molar-refractivity contribution in [3.05, 3.63) is 53.3 Å². The molecule has 2 rings (SSSR count). The lowest BCUT2D eigenvalue weighted by atomic mass is 10.2. The molecule has 0 fully saturated rings. The van der Waals surface area contributed by atoms with Crippen LogP contribution in [0.2, 0.25) is 5.02 Å². The lowest BCUT2D eigenvalue weighted by Gasteiger charge is -2.10. The number of rotatable bonds is 1. The highest BCUT2D eigenvalue weighted by molar-refractivity contribution is 6.30. The molecule has 5 heteroatoms. The third-order valence-electron chi connectivity index (χ3n) is 2.11. The molecule has 0 aliphatic heterocycles. The van der Waals surface area contributed by atoms with Gasteiger partial charge in [-0.3, -0.25) is 0 Å². The second-order valence-electron chi connectivity index (χ2n) is 3.29. The van der Waals surface area contributed by atoms with Crippen molar-refractivity contribution in [1.82, 2.24) is 4.57 Å². The van der Waals surface area contributed by atoms with E-state index < -0.39 is 11.7 Å². The van der Waals surface area contributed by atoms with Crippen molar-refractivity contribution < 1.29 is 13.2 Å². The first-order chi connectivity index (χ1) is 7.47. The molecule has 0 amide bonds. The molecule has 1 nitrogen and oxygen atoms in total. The van der Waals surface area contributed by atoms with E-state index in [1.54, 1.807) is 29.1 Å². The Morgan fingerprint density at radius 2 is 1.62 bits per heavy atom. The Hall–Kier alpha value is -1.42. The molecule has 1 aromatic carbocycles. The van der Waals surface area contributed by atoms with E-state index in [2.05, 4.69) is 0 Å². The molecule has 0 spiro atoms. The van der Waals surface area contributed by atoms with E-state index >= 15 is 0 Å². The molecule has 0 unspecified atom stereocenters. The van der Waals surface area contributed by atoms with E-state index in [0.29, 0.717) is 5.69 Å². The fourth-order valence-corrected chi connectivity index (χ4v) is 1.62. The average molecular weight is 246 g/mol. The molecule has 0 saturated carbocycles. The van der Waals surface area contributed by atoms with Crippen LogP contribution in [0.25, 0.3) is 5.69 Å². The maximum absolute atomic E-state index is 12.5. The summed E-state index contributed by atoms with van der Waals surface area (Å²) in [6, 6.07) is 6.92. The third kappa shape index (κ3) is 2.22. The first kappa shape index (κ1) is 11.1. The van der Waals surface area contributed by atoms with Gasteiger partial charge in [0.25, 0.3) is 0 Å². The summed E-state index contributed by atoms with van der Waals surface area (Å²) in [7, 11) is 0. The molecule has 0 aliphatic carbocycles. The van der Waals surface area contributed by atoms with E-state index in [4.69, 9.17) is 11.6 Å². The summed E-state index contributed by atoms with van der Waals surface area (Å²) in [6.45, 7) is 0. The molecule has 0 saturated heterocycles. The molecule has 0 atom stereocenters. The topological polar surface area (TPSA) is 4.93 Å². The molecule has 0 N–H and O–H groups in total. The quantitative estimate of drug-likeness (QED) is 0.711. The van der Waals surface area contributed by atoms with Crippen LogP contribution in [-0.4, -0.2) is 4.57 Å².